The van der Waals surface area contributed by atoms with Crippen LogP contribution in [0.4, 0.5) is 17.2 Å². The molecule has 2 aromatic rings. The predicted octanol–water partition coefficient (Wildman–Crippen LogP) is 4.66. The van der Waals surface area contributed by atoms with Gasteiger partial charge in [-0.15, -0.1) is 0 Å². The third-order valence-corrected chi connectivity index (χ3v) is 5.72. The molecule has 1 aromatic carbocycles. The molecule has 1 N–H and O–H groups in total. The van der Waals surface area contributed by atoms with Gasteiger partial charge in [0.2, 0.25) is 5.91 Å². The SMILES string of the molecule is COc1ccc2c(c1)N(C(=O)[C@H]1CC[C@H](OC(C)C)CC1)Cc1cccnc1N2. The van der Waals surface area contributed by atoms with Crippen molar-refractivity contribution in [1.82, 2.24) is 4.98 Å². The lowest BCUT2D eigenvalue weighted by Gasteiger charge is -2.33. The van der Waals surface area contributed by atoms with Crippen molar-refractivity contribution in [3.05, 3.63) is 42.1 Å². The summed E-state index contributed by atoms with van der Waals surface area (Å²) >= 11 is 0. The molecule has 6 heteroatoms. The number of carbonyl (C=O) groups is 1. The van der Waals surface area contributed by atoms with Crippen LogP contribution in [-0.2, 0) is 16.1 Å². The average molecular weight is 396 g/mol. The summed E-state index contributed by atoms with van der Waals surface area (Å²) in [6.07, 6.45) is 5.85. The average Bonchev–Trinajstić information content (AvgIpc) is 2.89. The van der Waals surface area contributed by atoms with E-state index in [9.17, 15) is 4.79 Å². The van der Waals surface area contributed by atoms with Gasteiger partial charge < -0.3 is 19.7 Å². The van der Waals surface area contributed by atoms with Crippen molar-refractivity contribution in [2.24, 2.45) is 5.92 Å². The Labute approximate surface area is 172 Å². The Morgan fingerprint density at radius 2 is 2.00 bits per heavy atom. The molecule has 0 spiro atoms. The number of methoxy groups -OCH3 is 1. The number of ether oxygens (including phenoxy) is 2. The Bertz CT molecular complexity index is 875. The molecular formula is C23H29N3O3. The molecular weight excluding hydrogens is 366 g/mol. The van der Waals surface area contributed by atoms with Crippen LogP contribution >= 0.6 is 0 Å². The van der Waals surface area contributed by atoms with Gasteiger partial charge in [0.25, 0.3) is 0 Å². The molecule has 0 radical (unpaired) electrons. The Morgan fingerprint density at radius 1 is 1.21 bits per heavy atom. The Kier molecular flexibility index (Phi) is 5.72. The van der Waals surface area contributed by atoms with Crippen LogP contribution < -0.4 is 15.0 Å². The van der Waals surface area contributed by atoms with Gasteiger partial charge in [0.1, 0.15) is 11.6 Å². The van der Waals surface area contributed by atoms with Crippen molar-refractivity contribution in [2.75, 3.05) is 17.3 Å². The van der Waals surface area contributed by atoms with Gasteiger partial charge in [-0.05, 0) is 57.7 Å². The van der Waals surface area contributed by atoms with E-state index in [1.165, 1.54) is 0 Å². The summed E-state index contributed by atoms with van der Waals surface area (Å²) in [5.41, 5.74) is 2.72. The third-order valence-electron chi connectivity index (χ3n) is 5.72. The number of amides is 1. The van der Waals surface area contributed by atoms with Crippen LogP contribution in [0, 0.1) is 5.92 Å². The fourth-order valence-electron chi connectivity index (χ4n) is 4.28. The van der Waals surface area contributed by atoms with Crippen molar-refractivity contribution in [3.63, 3.8) is 0 Å². The highest BCUT2D eigenvalue weighted by atomic mass is 16.5. The van der Waals surface area contributed by atoms with Crippen LogP contribution in [-0.4, -0.2) is 30.2 Å². The van der Waals surface area contributed by atoms with Gasteiger partial charge in [0.05, 0.1) is 37.2 Å². The minimum absolute atomic E-state index is 0.0132. The molecule has 1 amide bonds. The van der Waals surface area contributed by atoms with E-state index in [0.29, 0.717) is 6.54 Å². The molecule has 2 aliphatic rings. The van der Waals surface area contributed by atoms with E-state index >= 15 is 0 Å². The zero-order valence-corrected chi connectivity index (χ0v) is 17.4. The second-order valence-electron chi connectivity index (χ2n) is 8.10. The van der Waals surface area contributed by atoms with Crippen molar-refractivity contribution >= 4 is 23.1 Å². The van der Waals surface area contributed by atoms with E-state index in [1.807, 2.05) is 35.2 Å². The number of rotatable bonds is 4. The second-order valence-corrected chi connectivity index (χ2v) is 8.10. The summed E-state index contributed by atoms with van der Waals surface area (Å²) in [5.74, 6) is 1.71. The van der Waals surface area contributed by atoms with Gasteiger partial charge in [-0.2, -0.15) is 0 Å². The first-order chi connectivity index (χ1) is 14.0. The largest absolute Gasteiger partial charge is 0.497 e. The monoisotopic (exact) mass is 395 g/mol. The van der Waals surface area contributed by atoms with Crippen LogP contribution in [0.5, 0.6) is 5.75 Å². The smallest absolute Gasteiger partial charge is 0.230 e. The Morgan fingerprint density at radius 3 is 2.72 bits per heavy atom. The topological polar surface area (TPSA) is 63.7 Å². The summed E-state index contributed by atoms with van der Waals surface area (Å²) in [4.78, 5) is 20.0. The molecule has 0 atom stereocenters. The van der Waals surface area contributed by atoms with E-state index in [2.05, 4.69) is 24.1 Å². The maximum atomic E-state index is 13.6. The predicted molar refractivity (Wildman–Crippen MR) is 114 cm³/mol. The molecule has 4 rings (SSSR count). The summed E-state index contributed by atoms with van der Waals surface area (Å²) < 4.78 is 11.4. The lowest BCUT2D eigenvalue weighted by molar-refractivity contribution is -0.124. The first-order valence-corrected chi connectivity index (χ1v) is 10.4. The van der Waals surface area contributed by atoms with Gasteiger partial charge in [-0.25, -0.2) is 4.98 Å². The van der Waals surface area contributed by atoms with Crippen LogP contribution in [0.25, 0.3) is 0 Å². The van der Waals surface area contributed by atoms with Gasteiger partial charge >= 0.3 is 0 Å². The highest BCUT2D eigenvalue weighted by Gasteiger charge is 2.33. The quantitative estimate of drug-likeness (QED) is 0.815. The summed E-state index contributed by atoms with van der Waals surface area (Å²) in [6, 6.07) is 9.71. The van der Waals surface area contributed by atoms with Crippen molar-refractivity contribution in [1.29, 1.82) is 0 Å². The maximum absolute atomic E-state index is 13.6. The summed E-state index contributed by atoms with van der Waals surface area (Å²) in [6.45, 7) is 4.63. The van der Waals surface area contributed by atoms with Crippen molar-refractivity contribution in [2.45, 2.75) is 58.3 Å². The number of hydrogen-bond acceptors (Lipinski definition) is 5. The van der Waals surface area contributed by atoms with Gasteiger partial charge in [0.15, 0.2) is 0 Å². The number of aromatic nitrogens is 1. The molecule has 154 valence electrons. The van der Waals surface area contributed by atoms with E-state index in [1.54, 1.807) is 13.3 Å². The highest BCUT2D eigenvalue weighted by molar-refractivity contribution is 5.99. The summed E-state index contributed by atoms with van der Waals surface area (Å²) in [7, 11) is 1.64. The molecule has 1 saturated carbocycles. The van der Waals surface area contributed by atoms with Gasteiger partial charge in [-0.1, -0.05) is 6.07 Å². The fourth-order valence-corrected chi connectivity index (χ4v) is 4.28. The van der Waals surface area contributed by atoms with Gasteiger partial charge in [0, 0.05) is 23.7 Å². The normalized spacial score (nSPS) is 21.0. The van der Waals surface area contributed by atoms with E-state index in [0.717, 1.165) is 54.2 Å². The van der Waals surface area contributed by atoms with Crippen LogP contribution in [0.15, 0.2) is 36.5 Å². The number of hydrogen-bond donors (Lipinski definition) is 1. The van der Waals surface area contributed by atoms with Crippen LogP contribution in [0.3, 0.4) is 0 Å². The number of carbonyl (C=O) groups excluding carboxylic acids is 1. The molecule has 2 heterocycles. The minimum atomic E-state index is 0.0132. The molecule has 6 nitrogen and oxygen atoms in total. The standard InChI is InChI=1S/C23H29N3O3/c1-15(2)29-18-8-6-16(7-9-18)23(27)26-14-17-5-4-12-24-22(17)25-20-11-10-19(28-3)13-21(20)26/h4-5,10-13,15-16,18H,6-9,14H2,1-3H3,(H,24,25)/t16-,18-. The van der Waals surface area contributed by atoms with Crippen molar-refractivity contribution in [3.8, 4) is 5.75 Å². The third kappa shape index (κ3) is 4.22. The Balaban J connectivity index is 1.61. The first-order valence-electron chi connectivity index (χ1n) is 10.4. The molecule has 29 heavy (non-hydrogen) atoms. The lowest BCUT2D eigenvalue weighted by Crippen LogP contribution is -2.38. The number of pyridine rings is 1. The van der Waals surface area contributed by atoms with Crippen molar-refractivity contribution < 1.29 is 14.3 Å². The second kappa shape index (κ2) is 8.41. The number of fused-ring (bicyclic) bond motifs is 2. The first kappa shape index (κ1) is 19.7. The van der Waals surface area contributed by atoms with Crippen LogP contribution in [0.1, 0.15) is 45.1 Å². The fraction of sp³-hybridized carbons (Fsp3) is 0.478. The molecule has 1 aliphatic carbocycles. The molecule has 0 unspecified atom stereocenters. The maximum Gasteiger partial charge on any atom is 0.230 e. The number of anilines is 3. The van der Waals surface area contributed by atoms with E-state index in [-0.39, 0.29) is 24.0 Å². The zero-order valence-electron chi connectivity index (χ0n) is 17.4. The number of benzene rings is 1. The molecule has 1 aromatic heterocycles. The molecule has 0 saturated heterocycles. The van der Waals surface area contributed by atoms with Gasteiger partial charge in [-0.3, -0.25) is 4.79 Å². The lowest BCUT2D eigenvalue weighted by atomic mass is 9.86. The van der Waals surface area contributed by atoms with Crippen LogP contribution in [0.2, 0.25) is 0 Å². The molecule has 1 aliphatic heterocycles. The minimum Gasteiger partial charge on any atom is -0.497 e. The molecule has 1 fully saturated rings. The zero-order chi connectivity index (χ0) is 20.4. The molecule has 0 bridgehead atoms. The highest BCUT2D eigenvalue weighted by Crippen LogP contribution is 2.39. The Hall–Kier alpha value is -2.60. The summed E-state index contributed by atoms with van der Waals surface area (Å²) in [5, 5.41) is 3.39. The van der Waals surface area contributed by atoms with E-state index < -0.39 is 0 Å². The number of nitrogens with zero attached hydrogens (tertiary/aromatic N) is 2. The van der Waals surface area contributed by atoms with E-state index in [4.69, 9.17) is 9.47 Å². The number of nitrogens with one attached hydrogen (secondary N) is 1.